The van der Waals surface area contributed by atoms with Gasteiger partial charge in [0.25, 0.3) is 0 Å². The number of amides is 1. The lowest BCUT2D eigenvalue weighted by Crippen LogP contribution is -2.43. The zero-order valence-electron chi connectivity index (χ0n) is 9.71. The third-order valence-electron chi connectivity index (χ3n) is 2.75. The first kappa shape index (κ1) is 11.3. The molecule has 0 aromatic rings. The van der Waals surface area contributed by atoms with E-state index < -0.39 is 0 Å². The van der Waals surface area contributed by atoms with E-state index in [2.05, 4.69) is 12.2 Å². The highest BCUT2D eigenvalue weighted by Crippen LogP contribution is 2.22. The molecular formula is C12H21NO. The van der Waals surface area contributed by atoms with Gasteiger partial charge in [-0.15, -0.1) is 0 Å². The topological polar surface area (TPSA) is 20.3 Å². The highest BCUT2D eigenvalue weighted by molar-refractivity contribution is 5.81. The maximum absolute atomic E-state index is 12.0. The molecule has 14 heavy (non-hydrogen) atoms. The maximum atomic E-state index is 12.0. The van der Waals surface area contributed by atoms with Gasteiger partial charge in [-0.2, -0.15) is 0 Å². The van der Waals surface area contributed by atoms with E-state index in [1.54, 1.807) is 0 Å². The van der Waals surface area contributed by atoms with E-state index in [1.165, 1.54) is 0 Å². The van der Waals surface area contributed by atoms with Gasteiger partial charge in [0, 0.05) is 18.5 Å². The molecule has 0 saturated carbocycles. The van der Waals surface area contributed by atoms with Crippen molar-refractivity contribution in [3.05, 3.63) is 12.2 Å². The van der Waals surface area contributed by atoms with Gasteiger partial charge in [0.2, 0.25) is 5.91 Å². The standard InChI is InChI=1S/C12H21NO/c1-12(2,3)11(14)13(4)10-8-6-5-7-9-10/h5-6,10H,7-9H2,1-4H3. The van der Waals surface area contributed by atoms with Crippen molar-refractivity contribution in [2.45, 2.75) is 46.1 Å². The van der Waals surface area contributed by atoms with Crippen LogP contribution in [0.2, 0.25) is 0 Å². The molecule has 2 nitrogen and oxygen atoms in total. The minimum absolute atomic E-state index is 0.248. The third kappa shape index (κ3) is 2.60. The van der Waals surface area contributed by atoms with Crippen molar-refractivity contribution in [2.24, 2.45) is 5.41 Å². The fourth-order valence-electron chi connectivity index (χ4n) is 1.82. The Morgan fingerprint density at radius 3 is 2.43 bits per heavy atom. The Kier molecular flexibility index (Phi) is 3.35. The van der Waals surface area contributed by atoms with Crippen LogP contribution in [0.25, 0.3) is 0 Å². The van der Waals surface area contributed by atoms with Crippen molar-refractivity contribution >= 4 is 5.91 Å². The van der Waals surface area contributed by atoms with Gasteiger partial charge in [-0.25, -0.2) is 0 Å². The number of carbonyl (C=O) groups is 1. The second-order valence-electron chi connectivity index (χ2n) is 5.10. The first-order valence-electron chi connectivity index (χ1n) is 5.35. The Morgan fingerprint density at radius 2 is 2.00 bits per heavy atom. The Balaban J connectivity index is 2.60. The summed E-state index contributed by atoms with van der Waals surface area (Å²) in [5, 5.41) is 0. The summed E-state index contributed by atoms with van der Waals surface area (Å²) in [5.74, 6) is 0.248. The Hall–Kier alpha value is -0.790. The zero-order valence-corrected chi connectivity index (χ0v) is 9.71. The number of hydrogen-bond donors (Lipinski definition) is 0. The summed E-state index contributed by atoms with van der Waals surface area (Å²) >= 11 is 0. The van der Waals surface area contributed by atoms with E-state index in [0.29, 0.717) is 6.04 Å². The Labute approximate surface area is 87.0 Å². The summed E-state index contributed by atoms with van der Waals surface area (Å²) in [4.78, 5) is 13.9. The lowest BCUT2D eigenvalue weighted by Gasteiger charge is -2.33. The molecule has 0 aliphatic heterocycles. The lowest BCUT2D eigenvalue weighted by atomic mass is 9.92. The molecule has 0 bridgehead atoms. The van der Waals surface area contributed by atoms with Gasteiger partial charge in [0.15, 0.2) is 0 Å². The van der Waals surface area contributed by atoms with Crippen molar-refractivity contribution in [2.75, 3.05) is 7.05 Å². The van der Waals surface area contributed by atoms with Crippen molar-refractivity contribution < 1.29 is 4.79 Å². The molecule has 1 unspecified atom stereocenters. The molecule has 0 N–H and O–H groups in total. The minimum atomic E-state index is -0.254. The van der Waals surface area contributed by atoms with E-state index in [4.69, 9.17) is 0 Å². The largest absolute Gasteiger partial charge is 0.342 e. The average Bonchev–Trinajstić information content (AvgIpc) is 2.15. The smallest absolute Gasteiger partial charge is 0.227 e. The monoisotopic (exact) mass is 195 g/mol. The lowest BCUT2D eigenvalue weighted by molar-refractivity contribution is -0.140. The number of allylic oxidation sites excluding steroid dienone is 1. The zero-order chi connectivity index (χ0) is 10.8. The number of carbonyl (C=O) groups excluding carboxylic acids is 1. The highest BCUT2D eigenvalue weighted by atomic mass is 16.2. The van der Waals surface area contributed by atoms with Gasteiger partial charge in [0.05, 0.1) is 0 Å². The van der Waals surface area contributed by atoms with Crippen LogP contribution in [0.15, 0.2) is 12.2 Å². The molecule has 0 radical (unpaired) electrons. The summed E-state index contributed by atoms with van der Waals surface area (Å²) in [5.41, 5.74) is -0.254. The van der Waals surface area contributed by atoms with Crippen LogP contribution in [-0.4, -0.2) is 23.9 Å². The molecule has 0 heterocycles. The molecule has 1 aliphatic carbocycles. The summed E-state index contributed by atoms with van der Waals surface area (Å²) < 4.78 is 0. The summed E-state index contributed by atoms with van der Waals surface area (Å²) in [6.07, 6.45) is 7.60. The van der Waals surface area contributed by atoms with E-state index >= 15 is 0 Å². The fourth-order valence-corrected chi connectivity index (χ4v) is 1.82. The van der Waals surface area contributed by atoms with Crippen molar-refractivity contribution in [1.82, 2.24) is 4.90 Å². The summed E-state index contributed by atoms with van der Waals surface area (Å²) in [7, 11) is 1.93. The second-order valence-corrected chi connectivity index (χ2v) is 5.10. The van der Waals surface area contributed by atoms with Crippen LogP contribution in [0, 0.1) is 5.41 Å². The predicted octanol–water partition coefficient (Wildman–Crippen LogP) is 2.60. The summed E-state index contributed by atoms with van der Waals surface area (Å²) in [6, 6.07) is 0.409. The van der Waals surface area contributed by atoms with E-state index in [1.807, 2.05) is 32.7 Å². The van der Waals surface area contributed by atoms with Crippen LogP contribution < -0.4 is 0 Å². The van der Waals surface area contributed by atoms with Crippen LogP contribution in [0.3, 0.4) is 0 Å². The molecule has 0 saturated heterocycles. The Bertz CT molecular complexity index is 237. The average molecular weight is 195 g/mol. The van der Waals surface area contributed by atoms with E-state index in [0.717, 1.165) is 19.3 Å². The third-order valence-corrected chi connectivity index (χ3v) is 2.75. The van der Waals surface area contributed by atoms with Gasteiger partial charge < -0.3 is 4.90 Å². The van der Waals surface area contributed by atoms with Gasteiger partial charge in [-0.05, 0) is 19.3 Å². The SMILES string of the molecule is CN(C(=O)C(C)(C)C)C1CC=CCC1. The number of rotatable bonds is 1. The molecular weight excluding hydrogens is 174 g/mol. The molecule has 1 atom stereocenters. The fraction of sp³-hybridized carbons (Fsp3) is 0.750. The number of nitrogens with zero attached hydrogens (tertiary/aromatic N) is 1. The van der Waals surface area contributed by atoms with Crippen LogP contribution in [-0.2, 0) is 4.79 Å². The molecule has 1 amide bonds. The van der Waals surface area contributed by atoms with Gasteiger partial charge in [0.1, 0.15) is 0 Å². The second kappa shape index (κ2) is 4.16. The Morgan fingerprint density at radius 1 is 1.36 bits per heavy atom. The highest BCUT2D eigenvalue weighted by Gasteiger charge is 2.29. The van der Waals surface area contributed by atoms with Crippen molar-refractivity contribution in [3.8, 4) is 0 Å². The first-order valence-corrected chi connectivity index (χ1v) is 5.35. The molecule has 0 aromatic carbocycles. The van der Waals surface area contributed by atoms with Gasteiger partial charge in [-0.1, -0.05) is 32.9 Å². The first-order chi connectivity index (χ1) is 6.43. The van der Waals surface area contributed by atoms with E-state index in [9.17, 15) is 4.79 Å². The minimum Gasteiger partial charge on any atom is -0.342 e. The van der Waals surface area contributed by atoms with Crippen LogP contribution >= 0.6 is 0 Å². The molecule has 0 fully saturated rings. The predicted molar refractivity (Wildman–Crippen MR) is 59.0 cm³/mol. The van der Waals surface area contributed by atoms with Crippen LogP contribution in [0.5, 0.6) is 0 Å². The quantitative estimate of drug-likeness (QED) is 0.589. The molecule has 0 aromatic heterocycles. The van der Waals surface area contributed by atoms with Crippen molar-refractivity contribution in [3.63, 3.8) is 0 Å². The molecule has 80 valence electrons. The molecule has 0 spiro atoms. The van der Waals surface area contributed by atoms with Crippen LogP contribution in [0.4, 0.5) is 0 Å². The maximum Gasteiger partial charge on any atom is 0.227 e. The van der Waals surface area contributed by atoms with Crippen LogP contribution in [0.1, 0.15) is 40.0 Å². The van der Waals surface area contributed by atoms with E-state index in [-0.39, 0.29) is 11.3 Å². The number of hydrogen-bond acceptors (Lipinski definition) is 1. The molecule has 1 aliphatic rings. The van der Waals surface area contributed by atoms with Gasteiger partial charge in [-0.3, -0.25) is 4.79 Å². The summed E-state index contributed by atoms with van der Waals surface area (Å²) in [6.45, 7) is 5.93. The molecule has 2 heteroatoms. The molecule has 1 rings (SSSR count). The normalized spacial score (nSPS) is 22.1. The van der Waals surface area contributed by atoms with Crippen molar-refractivity contribution in [1.29, 1.82) is 0 Å². The van der Waals surface area contributed by atoms with Gasteiger partial charge >= 0.3 is 0 Å².